The molecule has 2 atom stereocenters. The minimum Gasteiger partial charge on any atom is -0.265 e. The van der Waals surface area contributed by atoms with Gasteiger partial charge in [-0.05, 0) is 29.2 Å². The first-order valence-corrected chi connectivity index (χ1v) is 6.79. The summed E-state index contributed by atoms with van der Waals surface area (Å²) in [6.45, 7) is 2.15. The number of pyridine rings is 1. The number of hydrogen-bond acceptors (Lipinski definition) is 4. The van der Waals surface area contributed by atoms with Crippen molar-refractivity contribution in [1.29, 1.82) is 0 Å². The quantitative estimate of drug-likeness (QED) is 0.611. The Balaban J connectivity index is 2.71. The van der Waals surface area contributed by atoms with Gasteiger partial charge in [-0.2, -0.15) is 25.3 Å². The average molecular weight is 245 g/mol. The van der Waals surface area contributed by atoms with Crippen molar-refractivity contribution in [2.75, 3.05) is 11.5 Å². The molecule has 0 aliphatic heterocycles. The third kappa shape index (κ3) is 3.41. The molecular weight excluding hydrogens is 230 g/mol. The van der Waals surface area contributed by atoms with E-state index < -0.39 is 0 Å². The van der Waals surface area contributed by atoms with Crippen molar-refractivity contribution in [1.82, 2.24) is 4.98 Å². The van der Waals surface area contributed by atoms with Crippen LogP contribution in [-0.4, -0.2) is 21.1 Å². The molecule has 4 heteroatoms. The van der Waals surface area contributed by atoms with Crippen molar-refractivity contribution in [3.63, 3.8) is 0 Å². The summed E-state index contributed by atoms with van der Waals surface area (Å²) in [5, 5.41) is 0. The van der Waals surface area contributed by atoms with E-state index in [9.17, 15) is 0 Å². The van der Waals surface area contributed by atoms with Crippen LogP contribution in [-0.2, 0) is 0 Å². The molecule has 0 aliphatic carbocycles. The molecule has 0 aliphatic rings. The van der Waals surface area contributed by atoms with Gasteiger partial charge in [0.15, 0.2) is 0 Å². The highest BCUT2D eigenvalue weighted by Crippen LogP contribution is 2.31. The third-order valence-electron chi connectivity index (χ3n) is 2.01. The zero-order chi connectivity index (χ0) is 10.4. The smallest absolute Gasteiger partial charge is 0.0548 e. The maximum absolute atomic E-state index is 4.59. The van der Waals surface area contributed by atoms with Crippen molar-refractivity contribution in [3.8, 4) is 0 Å². The maximum atomic E-state index is 4.59. The van der Waals surface area contributed by atoms with Gasteiger partial charge in [0.25, 0.3) is 0 Å². The molecule has 0 N–H and O–H groups in total. The molecule has 0 saturated carbocycles. The van der Waals surface area contributed by atoms with E-state index in [4.69, 9.17) is 0 Å². The lowest BCUT2D eigenvalue weighted by molar-refractivity contribution is 0.863. The van der Waals surface area contributed by atoms with Gasteiger partial charge in [0.1, 0.15) is 0 Å². The van der Waals surface area contributed by atoms with Crippen LogP contribution < -0.4 is 0 Å². The van der Waals surface area contributed by atoms with Crippen LogP contribution in [0.2, 0.25) is 0 Å². The van der Waals surface area contributed by atoms with E-state index in [2.05, 4.69) is 37.2 Å². The van der Waals surface area contributed by atoms with Gasteiger partial charge >= 0.3 is 0 Å². The van der Waals surface area contributed by atoms with Crippen LogP contribution in [0, 0.1) is 0 Å². The number of hydrogen-bond donors (Lipinski definition) is 2. The molecule has 1 heterocycles. The zero-order valence-electron chi connectivity index (χ0n) is 8.13. The summed E-state index contributed by atoms with van der Waals surface area (Å²) in [7, 11) is 0. The Hall–Kier alpha value is 0.200. The standard InChI is InChI=1S/C10H15NS3/c1-2-14-10(13)9(7-12)8-3-5-11-6-4-8/h3-6,9-10,12-13H,2,7H2,1H3. The van der Waals surface area contributed by atoms with E-state index in [-0.39, 0.29) is 0 Å². The Bertz CT molecular complexity index is 253. The molecule has 78 valence electrons. The fraction of sp³-hybridized carbons (Fsp3) is 0.500. The molecule has 1 nitrogen and oxygen atoms in total. The first kappa shape index (κ1) is 12.3. The molecule has 0 aromatic carbocycles. The van der Waals surface area contributed by atoms with Crippen LogP contribution in [0.25, 0.3) is 0 Å². The normalized spacial score (nSPS) is 15.1. The summed E-state index contributed by atoms with van der Waals surface area (Å²) in [6.07, 6.45) is 3.64. The van der Waals surface area contributed by atoms with E-state index in [1.807, 2.05) is 36.3 Å². The number of thiol groups is 2. The van der Waals surface area contributed by atoms with Gasteiger partial charge in [-0.3, -0.25) is 4.98 Å². The zero-order valence-corrected chi connectivity index (χ0v) is 10.7. The highest BCUT2D eigenvalue weighted by molar-refractivity contribution is 8.10. The summed E-state index contributed by atoms with van der Waals surface area (Å²) in [5.41, 5.74) is 1.27. The SMILES string of the molecule is CCSC(S)C(CS)c1ccncc1. The Morgan fingerprint density at radius 3 is 2.57 bits per heavy atom. The van der Waals surface area contributed by atoms with E-state index in [1.54, 1.807) is 0 Å². The minimum atomic E-state index is 0.319. The van der Waals surface area contributed by atoms with E-state index in [1.165, 1.54) is 5.56 Å². The van der Waals surface area contributed by atoms with Crippen molar-refractivity contribution in [3.05, 3.63) is 30.1 Å². The van der Waals surface area contributed by atoms with Crippen molar-refractivity contribution >= 4 is 37.0 Å². The summed E-state index contributed by atoms with van der Waals surface area (Å²) < 4.78 is 0.319. The van der Waals surface area contributed by atoms with Crippen molar-refractivity contribution < 1.29 is 0 Å². The molecule has 0 saturated heterocycles. The molecule has 0 bridgehead atoms. The Morgan fingerprint density at radius 1 is 1.43 bits per heavy atom. The van der Waals surface area contributed by atoms with Gasteiger partial charge in [-0.1, -0.05) is 6.92 Å². The summed E-state index contributed by atoms with van der Waals surface area (Å²) >= 11 is 10.8. The summed E-state index contributed by atoms with van der Waals surface area (Å²) in [6, 6.07) is 4.08. The lowest BCUT2D eigenvalue weighted by atomic mass is 10.0. The number of aromatic nitrogens is 1. The van der Waals surface area contributed by atoms with Crippen molar-refractivity contribution in [2.24, 2.45) is 0 Å². The maximum Gasteiger partial charge on any atom is 0.0548 e. The van der Waals surface area contributed by atoms with Crippen LogP contribution in [0.4, 0.5) is 0 Å². The van der Waals surface area contributed by atoms with Gasteiger partial charge in [0.2, 0.25) is 0 Å². The largest absolute Gasteiger partial charge is 0.265 e. The number of rotatable bonds is 5. The van der Waals surface area contributed by atoms with Crippen molar-refractivity contribution in [2.45, 2.75) is 17.4 Å². The lowest BCUT2D eigenvalue weighted by Gasteiger charge is -2.20. The second kappa shape index (κ2) is 6.64. The highest BCUT2D eigenvalue weighted by atomic mass is 32.2. The molecule has 0 spiro atoms. The van der Waals surface area contributed by atoms with E-state index in [0.29, 0.717) is 10.5 Å². The number of nitrogens with zero attached hydrogens (tertiary/aromatic N) is 1. The second-order valence-corrected chi connectivity index (χ2v) is 5.60. The molecule has 1 rings (SSSR count). The number of thioether (sulfide) groups is 1. The third-order valence-corrected chi connectivity index (χ3v) is 4.22. The molecule has 1 aromatic rings. The van der Waals surface area contributed by atoms with Gasteiger partial charge in [-0.25, -0.2) is 0 Å². The van der Waals surface area contributed by atoms with Crippen LogP contribution in [0.1, 0.15) is 18.4 Å². The van der Waals surface area contributed by atoms with Gasteiger partial charge in [-0.15, -0.1) is 11.8 Å². The Kier molecular flexibility index (Phi) is 5.82. The van der Waals surface area contributed by atoms with E-state index >= 15 is 0 Å². The predicted octanol–water partition coefficient (Wildman–Crippen LogP) is 3.10. The summed E-state index contributed by atoms with van der Waals surface area (Å²) in [5.74, 6) is 2.31. The minimum absolute atomic E-state index is 0.319. The molecule has 2 unspecified atom stereocenters. The van der Waals surface area contributed by atoms with Gasteiger partial charge < -0.3 is 0 Å². The lowest BCUT2D eigenvalue weighted by Crippen LogP contribution is -2.11. The van der Waals surface area contributed by atoms with Crippen LogP contribution in [0.15, 0.2) is 24.5 Å². The first-order chi connectivity index (χ1) is 6.79. The Labute approximate surface area is 101 Å². The fourth-order valence-electron chi connectivity index (χ4n) is 1.26. The fourth-order valence-corrected chi connectivity index (χ4v) is 3.54. The summed E-state index contributed by atoms with van der Waals surface area (Å²) in [4.78, 5) is 4.01. The predicted molar refractivity (Wildman–Crippen MR) is 71.7 cm³/mol. The van der Waals surface area contributed by atoms with Gasteiger partial charge in [0, 0.05) is 18.3 Å². The highest BCUT2D eigenvalue weighted by Gasteiger charge is 2.18. The Morgan fingerprint density at radius 2 is 2.07 bits per heavy atom. The molecule has 1 aromatic heterocycles. The molecule has 0 radical (unpaired) electrons. The van der Waals surface area contributed by atoms with Crippen LogP contribution in [0.3, 0.4) is 0 Å². The first-order valence-electron chi connectivity index (χ1n) is 4.60. The molecule has 0 amide bonds. The van der Waals surface area contributed by atoms with E-state index in [0.717, 1.165) is 11.5 Å². The van der Waals surface area contributed by atoms with Crippen LogP contribution >= 0.6 is 37.0 Å². The van der Waals surface area contributed by atoms with Crippen LogP contribution in [0.5, 0.6) is 0 Å². The van der Waals surface area contributed by atoms with Gasteiger partial charge in [0.05, 0.1) is 4.58 Å². The monoisotopic (exact) mass is 245 g/mol. The molecule has 0 fully saturated rings. The molecular formula is C10H15NS3. The average Bonchev–Trinajstić information content (AvgIpc) is 2.21. The second-order valence-electron chi connectivity index (χ2n) is 2.92. The topological polar surface area (TPSA) is 12.9 Å². The molecule has 14 heavy (non-hydrogen) atoms.